The third-order valence-electron chi connectivity index (χ3n) is 11.7. The van der Waals surface area contributed by atoms with Gasteiger partial charge in [-0.05, 0) is 50.4 Å². The Morgan fingerprint density at radius 2 is 1.11 bits per heavy atom. The molecule has 1 aromatic rings. The van der Waals surface area contributed by atoms with Crippen molar-refractivity contribution in [2.45, 2.75) is 159 Å². The molecule has 0 spiro atoms. The van der Waals surface area contributed by atoms with Crippen molar-refractivity contribution >= 4 is 82.9 Å². The van der Waals surface area contributed by atoms with Crippen molar-refractivity contribution in [1.82, 2.24) is 52.1 Å². The molecule has 1 fully saturated rings. The molecule has 0 unspecified atom stereocenters. The van der Waals surface area contributed by atoms with Crippen LogP contribution in [-0.4, -0.2) is 174 Å². The van der Waals surface area contributed by atoms with E-state index in [0.717, 1.165) is 4.90 Å². The molecule has 31 nitrogen and oxygen atoms in total. The van der Waals surface area contributed by atoms with Crippen LogP contribution in [0.25, 0.3) is 0 Å². The summed E-state index contributed by atoms with van der Waals surface area (Å²) in [6.45, 7) is 6.26. The summed E-state index contributed by atoms with van der Waals surface area (Å²) in [5, 5.41) is 45.4. The number of aromatic amines is 1. The maximum atomic E-state index is 14.3. The summed E-state index contributed by atoms with van der Waals surface area (Å²) in [4.78, 5) is 188. The third-order valence-corrected chi connectivity index (χ3v) is 11.7. The minimum absolute atomic E-state index is 0.0231. The molecule has 19 N–H and O–H groups in total. The number of aliphatic carboxylic acids is 3. The maximum Gasteiger partial charge on any atom is 0.326 e. The van der Waals surface area contributed by atoms with E-state index < -0.39 is 195 Å². The number of amides is 11. The zero-order chi connectivity index (χ0) is 57.6. The van der Waals surface area contributed by atoms with Crippen molar-refractivity contribution in [3.63, 3.8) is 0 Å². The van der Waals surface area contributed by atoms with Crippen LogP contribution in [0.1, 0.15) is 104 Å². The predicted molar refractivity (Wildman–Crippen MR) is 260 cm³/mol. The summed E-state index contributed by atoms with van der Waals surface area (Å²) < 4.78 is 0. The largest absolute Gasteiger partial charge is 0.481 e. The molecule has 1 saturated heterocycles. The molecular weight excluding hydrogens is 1010 g/mol. The van der Waals surface area contributed by atoms with Crippen LogP contribution in [0.2, 0.25) is 0 Å². The van der Waals surface area contributed by atoms with E-state index in [2.05, 4.69) is 47.2 Å². The molecular formula is C45H70N14O17. The minimum atomic E-state index is -1.94. The zero-order valence-electron chi connectivity index (χ0n) is 42.5. The first-order chi connectivity index (χ1) is 35.5. The number of rotatable bonds is 34. The summed E-state index contributed by atoms with van der Waals surface area (Å²) in [6, 6.07) is -14.2. The number of carbonyl (C=O) groups is 14. The van der Waals surface area contributed by atoms with E-state index in [1.807, 2.05) is 0 Å². The summed E-state index contributed by atoms with van der Waals surface area (Å²) in [6.07, 6.45) is -2.53. The Balaban J connectivity index is 2.44. The van der Waals surface area contributed by atoms with Crippen molar-refractivity contribution in [3.8, 4) is 0 Å². The van der Waals surface area contributed by atoms with Gasteiger partial charge in [0.15, 0.2) is 0 Å². The average molecular weight is 1080 g/mol. The Kier molecular flexibility index (Phi) is 25.9. The molecule has 11 amide bonds. The van der Waals surface area contributed by atoms with Gasteiger partial charge in [-0.2, -0.15) is 0 Å². The van der Waals surface area contributed by atoms with Gasteiger partial charge in [-0.15, -0.1) is 0 Å². The highest BCUT2D eigenvalue weighted by molar-refractivity contribution is 5.99. The Labute approximate surface area is 435 Å². The van der Waals surface area contributed by atoms with Gasteiger partial charge < -0.3 is 85.4 Å². The Morgan fingerprint density at radius 1 is 0.618 bits per heavy atom. The first-order valence-corrected chi connectivity index (χ1v) is 24.2. The molecule has 1 aliphatic rings. The van der Waals surface area contributed by atoms with Crippen molar-refractivity contribution in [3.05, 3.63) is 18.2 Å². The number of hydrogen-bond acceptors (Lipinski definition) is 16. The smallest absolute Gasteiger partial charge is 0.326 e. The van der Waals surface area contributed by atoms with Crippen LogP contribution in [0.4, 0.5) is 0 Å². The van der Waals surface area contributed by atoms with Crippen molar-refractivity contribution in [2.24, 2.45) is 34.8 Å². The van der Waals surface area contributed by atoms with E-state index in [4.69, 9.17) is 22.9 Å². The van der Waals surface area contributed by atoms with E-state index in [1.54, 1.807) is 13.8 Å². The second kappa shape index (κ2) is 30.8. The molecule has 0 radical (unpaired) electrons. The van der Waals surface area contributed by atoms with E-state index in [0.29, 0.717) is 0 Å². The second-order valence-electron chi connectivity index (χ2n) is 18.9. The van der Waals surface area contributed by atoms with Gasteiger partial charge in [-0.3, -0.25) is 62.3 Å². The zero-order valence-corrected chi connectivity index (χ0v) is 42.5. The van der Waals surface area contributed by atoms with Crippen molar-refractivity contribution < 1.29 is 82.4 Å². The summed E-state index contributed by atoms with van der Waals surface area (Å²) in [7, 11) is 0. The molecule has 9 atom stereocenters. The highest BCUT2D eigenvalue weighted by Crippen LogP contribution is 2.21. The van der Waals surface area contributed by atoms with Crippen LogP contribution in [0.5, 0.6) is 0 Å². The Hall–Kier alpha value is -8.25. The van der Waals surface area contributed by atoms with Gasteiger partial charge in [0.1, 0.15) is 48.3 Å². The number of primary amides is 3. The molecule has 0 aromatic carbocycles. The fraction of sp³-hybridized carbons (Fsp3) is 0.622. The molecule has 422 valence electrons. The van der Waals surface area contributed by atoms with E-state index in [-0.39, 0.29) is 43.8 Å². The fourth-order valence-corrected chi connectivity index (χ4v) is 7.77. The molecule has 0 bridgehead atoms. The monoisotopic (exact) mass is 1080 g/mol. The molecule has 31 heteroatoms. The number of carbonyl (C=O) groups excluding carboxylic acids is 11. The standard InChI is InChI=1S/C45H70N14O17/c1-20(2)14-27(41(71)54-26(9-12-34(63)64)40(70)58-36(21(3)4)45(75)76)56-43(73)30-6-5-13-59(30)44(74)29(17-35(65)66)57-39(69)25(8-11-32(48)61)53-42(72)28(15-22-18-50-19-51-22)55-38(68)24(7-10-31(47)60)52-37(67)23(46)16-33(49)62/h18-21,23-30,36H,5-17,46H2,1-4H3,(H2,47,60)(H2,48,61)(H2,49,62)(H,50,51)(H,52,67)(H,53,72)(H,54,71)(H,55,68)(H,56,73)(H,57,69)(H,58,70)(H,63,64)(H,65,66)(H,75,76)/t23-,24-,25-,26-,27-,28-,29-,30-,36-/m0/s1. The Bertz CT molecular complexity index is 2290. The van der Waals surface area contributed by atoms with Gasteiger partial charge in [0.25, 0.3) is 0 Å². The number of nitrogens with zero attached hydrogens (tertiary/aromatic N) is 2. The normalized spacial score (nSPS) is 16.2. The quantitative estimate of drug-likeness (QED) is 0.0306. The number of aromatic nitrogens is 2. The molecule has 2 heterocycles. The predicted octanol–water partition coefficient (Wildman–Crippen LogP) is -5.80. The fourth-order valence-electron chi connectivity index (χ4n) is 7.77. The van der Waals surface area contributed by atoms with E-state index >= 15 is 0 Å². The van der Waals surface area contributed by atoms with Gasteiger partial charge in [0.05, 0.1) is 25.2 Å². The Morgan fingerprint density at radius 3 is 1.57 bits per heavy atom. The van der Waals surface area contributed by atoms with Crippen LogP contribution in [0.3, 0.4) is 0 Å². The number of nitrogens with one attached hydrogen (secondary N) is 8. The van der Waals surface area contributed by atoms with E-state index in [9.17, 15) is 82.4 Å². The summed E-state index contributed by atoms with van der Waals surface area (Å²) in [5.74, 6) is -16.4. The second-order valence-corrected chi connectivity index (χ2v) is 18.9. The first kappa shape index (κ1) is 63.9. The minimum Gasteiger partial charge on any atom is -0.481 e. The molecule has 0 aliphatic carbocycles. The number of hydrogen-bond donors (Lipinski definition) is 15. The average Bonchev–Trinajstić information content (AvgIpc) is 4.03. The lowest BCUT2D eigenvalue weighted by Gasteiger charge is -2.31. The third kappa shape index (κ3) is 22.1. The molecule has 1 aromatic heterocycles. The van der Waals surface area contributed by atoms with Crippen LogP contribution < -0.4 is 60.2 Å². The first-order valence-electron chi connectivity index (χ1n) is 24.2. The lowest BCUT2D eigenvalue weighted by molar-refractivity contribution is -0.146. The number of carboxylic acid groups (broad SMARTS) is 3. The van der Waals surface area contributed by atoms with Gasteiger partial charge in [0, 0.05) is 44.1 Å². The topological polar surface area (TPSA) is 520 Å². The van der Waals surface area contributed by atoms with E-state index in [1.165, 1.54) is 26.4 Å². The SMILES string of the molecule is CC(C)C[C@H](NC(=O)[C@@H]1CCCN1C(=O)[C@H](CC(=O)O)NC(=O)[C@H](CCC(N)=O)NC(=O)[C@H](Cc1cnc[nH]1)NC(=O)[C@H](CCC(N)=O)NC(=O)[C@@H](N)CC(N)=O)C(=O)N[C@@H](CCC(=O)O)C(=O)N[C@H](C(=O)O)C(C)C. The highest BCUT2D eigenvalue weighted by atomic mass is 16.4. The van der Waals surface area contributed by atoms with Gasteiger partial charge in [-0.25, -0.2) is 9.78 Å². The van der Waals surface area contributed by atoms with Crippen molar-refractivity contribution in [1.29, 1.82) is 0 Å². The molecule has 76 heavy (non-hydrogen) atoms. The number of nitrogens with two attached hydrogens (primary N) is 4. The number of H-pyrrole nitrogens is 1. The molecule has 1 aliphatic heterocycles. The molecule has 2 rings (SSSR count). The van der Waals surface area contributed by atoms with Gasteiger partial charge in [-0.1, -0.05) is 27.7 Å². The number of imidazole rings is 1. The number of carboxylic acids is 3. The van der Waals surface area contributed by atoms with Crippen LogP contribution in [0.15, 0.2) is 12.5 Å². The lowest BCUT2D eigenvalue weighted by Crippen LogP contribution is -2.60. The van der Waals surface area contributed by atoms with Crippen molar-refractivity contribution in [2.75, 3.05) is 6.54 Å². The lowest BCUT2D eigenvalue weighted by atomic mass is 10.0. The van der Waals surface area contributed by atoms with Gasteiger partial charge in [0.2, 0.25) is 65.0 Å². The summed E-state index contributed by atoms with van der Waals surface area (Å²) in [5.41, 5.74) is 21.7. The summed E-state index contributed by atoms with van der Waals surface area (Å²) >= 11 is 0. The van der Waals surface area contributed by atoms with Crippen LogP contribution >= 0.6 is 0 Å². The highest BCUT2D eigenvalue weighted by Gasteiger charge is 2.41. The van der Waals surface area contributed by atoms with Gasteiger partial charge >= 0.3 is 17.9 Å². The molecule has 0 saturated carbocycles. The van der Waals surface area contributed by atoms with Crippen LogP contribution in [-0.2, 0) is 73.5 Å². The number of likely N-dealkylation sites (tertiary alicyclic amines) is 1. The maximum absolute atomic E-state index is 14.3. The van der Waals surface area contributed by atoms with Crippen LogP contribution in [0, 0.1) is 11.8 Å².